The molecular weight excluding hydrogens is 282 g/mol. The molecule has 1 fully saturated rings. The zero-order valence-corrected chi connectivity index (χ0v) is 14.1. The second-order valence-corrected chi connectivity index (χ2v) is 7.27. The minimum atomic E-state index is 0.641. The fourth-order valence-corrected chi connectivity index (χ4v) is 4.01. The van der Waals surface area contributed by atoms with Crippen molar-refractivity contribution in [3.63, 3.8) is 0 Å². The Hall–Kier alpha value is -1.83. The van der Waals surface area contributed by atoms with E-state index in [4.69, 9.17) is 4.52 Å². The topological polar surface area (TPSA) is 26.0 Å². The molecule has 2 nitrogen and oxygen atoms in total. The molecule has 0 spiro atoms. The highest BCUT2D eigenvalue weighted by Gasteiger charge is 2.24. The third-order valence-electron chi connectivity index (χ3n) is 5.31. The Morgan fingerprint density at radius 1 is 1.17 bits per heavy atom. The molecule has 0 radical (unpaired) electrons. The molecule has 23 heavy (non-hydrogen) atoms. The van der Waals surface area contributed by atoms with Crippen LogP contribution in [0.25, 0.3) is 5.57 Å². The van der Waals surface area contributed by atoms with Crippen LogP contribution in [-0.4, -0.2) is 5.16 Å². The molecule has 1 heterocycles. The summed E-state index contributed by atoms with van der Waals surface area (Å²) in [4.78, 5) is 0. The minimum Gasteiger partial charge on any atom is -0.361 e. The Bertz CT molecular complexity index is 717. The molecule has 1 atom stereocenters. The third kappa shape index (κ3) is 3.12. The number of nitrogens with zero attached hydrogens (tertiary/aromatic N) is 1. The third-order valence-corrected chi connectivity index (χ3v) is 5.31. The van der Waals surface area contributed by atoms with E-state index in [-0.39, 0.29) is 0 Å². The highest BCUT2D eigenvalue weighted by molar-refractivity contribution is 5.69. The molecule has 0 amide bonds. The molecule has 2 aliphatic rings. The number of rotatable bonds is 4. The van der Waals surface area contributed by atoms with Crippen molar-refractivity contribution in [2.75, 3.05) is 0 Å². The van der Waals surface area contributed by atoms with Gasteiger partial charge in [0.2, 0.25) is 0 Å². The van der Waals surface area contributed by atoms with E-state index in [0.717, 1.165) is 30.2 Å². The van der Waals surface area contributed by atoms with Gasteiger partial charge in [-0.25, -0.2) is 0 Å². The maximum atomic E-state index is 5.36. The zero-order chi connectivity index (χ0) is 15.8. The summed E-state index contributed by atoms with van der Waals surface area (Å²) in [6.45, 7) is 4.08. The fraction of sp³-hybridized carbons (Fsp3) is 0.476. The van der Waals surface area contributed by atoms with Gasteiger partial charge < -0.3 is 4.52 Å². The van der Waals surface area contributed by atoms with Gasteiger partial charge in [0.1, 0.15) is 5.76 Å². The Kier molecular flexibility index (Phi) is 3.84. The predicted molar refractivity (Wildman–Crippen MR) is 93.4 cm³/mol. The Balaban J connectivity index is 1.55. The van der Waals surface area contributed by atoms with E-state index in [2.05, 4.69) is 42.4 Å². The lowest BCUT2D eigenvalue weighted by atomic mass is 9.83. The highest BCUT2D eigenvalue weighted by atomic mass is 16.5. The van der Waals surface area contributed by atoms with Crippen LogP contribution in [0.15, 0.2) is 34.9 Å². The molecular formula is C21H25NO. The van der Waals surface area contributed by atoms with Gasteiger partial charge in [0.15, 0.2) is 0 Å². The Morgan fingerprint density at radius 3 is 2.78 bits per heavy atom. The normalized spacial score (nSPS) is 21.3. The largest absolute Gasteiger partial charge is 0.361 e. The SMILES string of the molecule is Cc1noc(C)c1C1=CC(Cc2cccc(C3CC3)c2)CCC1. The average molecular weight is 307 g/mol. The van der Waals surface area contributed by atoms with Crippen molar-refractivity contribution in [2.24, 2.45) is 5.92 Å². The van der Waals surface area contributed by atoms with Crippen molar-refractivity contribution < 1.29 is 4.52 Å². The number of allylic oxidation sites excluding steroid dienone is 2. The average Bonchev–Trinajstić information content (AvgIpc) is 3.34. The molecule has 0 N–H and O–H groups in total. The van der Waals surface area contributed by atoms with Crippen molar-refractivity contribution in [3.8, 4) is 0 Å². The zero-order valence-electron chi connectivity index (χ0n) is 14.1. The first kappa shape index (κ1) is 14.7. The van der Waals surface area contributed by atoms with Gasteiger partial charge in [-0.05, 0) is 80.9 Å². The second kappa shape index (κ2) is 5.99. The molecule has 4 rings (SSSR count). The van der Waals surface area contributed by atoms with Gasteiger partial charge in [0.05, 0.1) is 5.69 Å². The van der Waals surface area contributed by atoms with Crippen molar-refractivity contribution in [3.05, 3.63) is 58.5 Å². The van der Waals surface area contributed by atoms with Crippen molar-refractivity contribution >= 4 is 5.57 Å². The number of aromatic nitrogens is 1. The van der Waals surface area contributed by atoms with E-state index >= 15 is 0 Å². The quantitative estimate of drug-likeness (QED) is 0.735. The first-order valence-corrected chi connectivity index (χ1v) is 8.93. The molecule has 0 aliphatic heterocycles. The van der Waals surface area contributed by atoms with Gasteiger partial charge >= 0.3 is 0 Å². The van der Waals surface area contributed by atoms with E-state index in [0.29, 0.717) is 5.92 Å². The lowest BCUT2D eigenvalue weighted by molar-refractivity contribution is 0.393. The second-order valence-electron chi connectivity index (χ2n) is 7.27. The van der Waals surface area contributed by atoms with Crippen LogP contribution in [0.3, 0.4) is 0 Å². The Morgan fingerprint density at radius 2 is 2.04 bits per heavy atom. The first-order chi connectivity index (χ1) is 11.2. The summed E-state index contributed by atoms with van der Waals surface area (Å²) in [5, 5.41) is 4.12. The molecule has 1 saturated carbocycles. The monoisotopic (exact) mass is 307 g/mol. The van der Waals surface area contributed by atoms with Crippen molar-refractivity contribution in [1.29, 1.82) is 0 Å². The van der Waals surface area contributed by atoms with Crippen LogP contribution in [0.1, 0.15) is 66.2 Å². The number of hydrogen-bond donors (Lipinski definition) is 0. The van der Waals surface area contributed by atoms with Crippen molar-refractivity contribution in [1.82, 2.24) is 5.16 Å². The smallest absolute Gasteiger partial charge is 0.141 e. The van der Waals surface area contributed by atoms with Crippen LogP contribution in [0.5, 0.6) is 0 Å². The number of hydrogen-bond acceptors (Lipinski definition) is 2. The first-order valence-electron chi connectivity index (χ1n) is 8.93. The molecule has 1 aromatic carbocycles. The summed E-state index contributed by atoms with van der Waals surface area (Å²) in [6.07, 6.45) is 10.1. The maximum Gasteiger partial charge on any atom is 0.141 e. The summed E-state index contributed by atoms with van der Waals surface area (Å²) in [6, 6.07) is 9.28. The summed E-state index contributed by atoms with van der Waals surface area (Å²) < 4.78 is 5.36. The lowest BCUT2D eigenvalue weighted by Crippen LogP contribution is -2.08. The highest BCUT2D eigenvalue weighted by Crippen LogP contribution is 2.40. The van der Waals surface area contributed by atoms with Crippen LogP contribution >= 0.6 is 0 Å². The van der Waals surface area contributed by atoms with Crippen LogP contribution in [0.2, 0.25) is 0 Å². The van der Waals surface area contributed by atoms with Crippen LogP contribution < -0.4 is 0 Å². The summed E-state index contributed by atoms with van der Waals surface area (Å²) >= 11 is 0. The Labute approximate surface area is 138 Å². The van der Waals surface area contributed by atoms with Gasteiger partial charge in [-0.3, -0.25) is 0 Å². The van der Waals surface area contributed by atoms with E-state index < -0.39 is 0 Å². The van der Waals surface area contributed by atoms with E-state index in [1.807, 2.05) is 6.92 Å². The standard InChI is InChI=1S/C21H25NO/c1-14-21(15(2)23-22-14)20-8-4-6-17(13-20)11-16-5-3-7-19(12-16)18-9-10-18/h3,5,7,12-13,17-18H,4,6,8-11H2,1-2H3. The van der Waals surface area contributed by atoms with Gasteiger partial charge in [-0.2, -0.15) is 0 Å². The fourth-order valence-electron chi connectivity index (χ4n) is 4.01. The maximum absolute atomic E-state index is 5.36. The van der Waals surface area contributed by atoms with Gasteiger partial charge in [0.25, 0.3) is 0 Å². The molecule has 2 heteroatoms. The van der Waals surface area contributed by atoms with Gasteiger partial charge in [0, 0.05) is 5.56 Å². The molecule has 1 unspecified atom stereocenters. The van der Waals surface area contributed by atoms with Crippen LogP contribution in [0.4, 0.5) is 0 Å². The summed E-state index contributed by atoms with van der Waals surface area (Å²) in [5.41, 5.74) is 6.77. The van der Waals surface area contributed by atoms with E-state index in [1.54, 1.807) is 5.56 Å². The minimum absolute atomic E-state index is 0.641. The number of aryl methyl sites for hydroxylation is 2. The predicted octanol–water partition coefficient (Wildman–Crippen LogP) is 5.60. The molecule has 2 aromatic rings. The van der Waals surface area contributed by atoms with Crippen molar-refractivity contribution in [2.45, 2.75) is 58.3 Å². The summed E-state index contributed by atoms with van der Waals surface area (Å²) in [7, 11) is 0. The molecule has 2 aliphatic carbocycles. The lowest BCUT2D eigenvalue weighted by Gasteiger charge is -2.21. The summed E-state index contributed by atoms with van der Waals surface area (Å²) in [5.74, 6) is 2.45. The van der Waals surface area contributed by atoms with Crippen LogP contribution in [-0.2, 0) is 6.42 Å². The molecule has 0 bridgehead atoms. The van der Waals surface area contributed by atoms with E-state index in [1.165, 1.54) is 42.4 Å². The molecule has 0 saturated heterocycles. The van der Waals surface area contributed by atoms with E-state index in [9.17, 15) is 0 Å². The van der Waals surface area contributed by atoms with Crippen LogP contribution in [0, 0.1) is 19.8 Å². The van der Waals surface area contributed by atoms with Gasteiger partial charge in [-0.15, -0.1) is 0 Å². The molecule has 120 valence electrons. The molecule has 1 aromatic heterocycles. The van der Waals surface area contributed by atoms with Gasteiger partial charge in [-0.1, -0.05) is 35.5 Å². The number of benzene rings is 1.